The van der Waals surface area contributed by atoms with E-state index in [4.69, 9.17) is 0 Å². The Morgan fingerprint density at radius 3 is 2.79 bits per heavy atom. The van der Waals surface area contributed by atoms with Crippen LogP contribution < -0.4 is 10.6 Å². The molecule has 104 valence electrons. The molecule has 0 saturated heterocycles. The SMILES string of the molecule is CC(C)NC(=O)[C@H](C)[NH2+][C@H]1CCCc2ccccc21. The van der Waals surface area contributed by atoms with Crippen molar-refractivity contribution in [1.82, 2.24) is 5.32 Å². The van der Waals surface area contributed by atoms with Crippen LogP contribution >= 0.6 is 0 Å². The van der Waals surface area contributed by atoms with Crippen LogP contribution in [-0.4, -0.2) is 18.0 Å². The summed E-state index contributed by atoms with van der Waals surface area (Å²) in [5, 5.41) is 5.20. The van der Waals surface area contributed by atoms with Gasteiger partial charge in [-0.1, -0.05) is 24.3 Å². The van der Waals surface area contributed by atoms with Gasteiger partial charge in [-0.15, -0.1) is 0 Å². The van der Waals surface area contributed by atoms with Crippen LogP contribution in [0.3, 0.4) is 0 Å². The van der Waals surface area contributed by atoms with Crippen molar-refractivity contribution in [3.63, 3.8) is 0 Å². The fraction of sp³-hybridized carbons (Fsp3) is 0.562. The highest BCUT2D eigenvalue weighted by atomic mass is 16.2. The third-order valence-electron chi connectivity index (χ3n) is 3.78. The van der Waals surface area contributed by atoms with E-state index in [1.54, 1.807) is 0 Å². The molecule has 1 aromatic carbocycles. The Hall–Kier alpha value is -1.35. The van der Waals surface area contributed by atoms with E-state index in [1.807, 2.05) is 20.8 Å². The molecule has 1 aliphatic carbocycles. The number of quaternary nitrogens is 1. The van der Waals surface area contributed by atoms with E-state index in [1.165, 1.54) is 24.0 Å². The lowest BCUT2D eigenvalue weighted by atomic mass is 9.87. The van der Waals surface area contributed by atoms with Crippen molar-refractivity contribution in [2.24, 2.45) is 0 Å². The van der Waals surface area contributed by atoms with Crippen molar-refractivity contribution < 1.29 is 10.1 Å². The molecule has 3 N–H and O–H groups in total. The fourth-order valence-corrected chi connectivity index (χ4v) is 2.84. The fourth-order valence-electron chi connectivity index (χ4n) is 2.84. The zero-order chi connectivity index (χ0) is 13.8. The lowest BCUT2D eigenvalue weighted by Crippen LogP contribution is -2.93. The van der Waals surface area contributed by atoms with Crippen LogP contribution in [0.2, 0.25) is 0 Å². The van der Waals surface area contributed by atoms with Gasteiger partial charge in [-0.25, -0.2) is 0 Å². The summed E-state index contributed by atoms with van der Waals surface area (Å²) in [5.41, 5.74) is 2.87. The van der Waals surface area contributed by atoms with Gasteiger partial charge >= 0.3 is 0 Å². The van der Waals surface area contributed by atoms with Crippen molar-refractivity contribution in [2.75, 3.05) is 0 Å². The van der Waals surface area contributed by atoms with Crippen LogP contribution in [-0.2, 0) is 11.2 Å². The summed E-state index contributed by atoms with van der Waals surface area (Å²) in [5.74, 6) is 0.137. The Morgan fingerprint density at radius 2 is 2.05 bits per heavy atom. The topological polar surface area (TPSA) is 45.7 Å². The van der Waals surface area contributed by atoms with Crippen LogP contribution in [0.4, 0.5) is 0 Å². The maximum absolute atomic E-state index is 12.0. The molecule has 0 aliphatic heterocycles. The van der Waals surface area contributed by atoms with E-state index < -0.39 is 0 Å². The van der Waals surface area contributed by atoms with Crippen LogP contribution in [0.1, 0.15) is 50.8 Å². The quantitative estimate of drug-likeness (QED) is 0.848. The van der Waals surface area contributed by atoms with Crippen molar-refractivity contribution >= 4 is 5.91 Å². The first-order valence-electron chi connectivity index (χ1n) is 7.31. The number of carbonyl (C=O) groups excluding carboxylic acids is 1. The lowest BCUT2D eigenvalue weighted by Gasteiger charge is -2.26. The minimum absolute atomic E-state index is 0.0291. The molecule has 3 nitrogen and oxygen atoms in total. The molecule has 2 rings (SSSR count). The molecule has 1 aromatic rings. The molecule has 0 saturated carbocycles. The molecule has 0 bridgehead atoms. The number of hydrogen-bond donors (Lipinski definition) is 2. The summed E-state index contributed by atoms with van der Waals surface area (Å²) in [4.78, 5) is 12.0. The first-order chi connectivity index (χ1) is 9.08. The Kier molecular flexibility index (Phi) is 4.59. The molecule has 0 heterocycles. The highest BCUT2D eigenvalue weighted by Crippen LogP contribution is 2.26. The number of fused-ring (bicyclic) bond motifs is 1. The van der Waals surface area contributed by atoms with Crippen molar-refractivity contribution in [1.29, 1.82) is 0 Å². The Bertz CT molecular complexity index is 442. The van der Waals surface area contributed by atoms with Crippen LogP contribution in [0, 0.1) is 0 Å². The number of rotatable bonds is 4. The minimum atomic E-state index is -0.0291. The second-order valence-electron chi connectivity index (χ2n) is 5.84. The number of nitrogens with two attached hydrogens (primary N) is 1. The molecule has 1 amide bonds. The summed E-state index contributed by atoms with van der Waals surface area (Å²) >= 11 is 0. The first kappa shape index (κ1) is 14.1. The molecule has 2 atom stereocenters. The molecule has 1 aliphatic rings. The van der Waals surface area contributed by atoms with E-state index >= 15 is 0 Å². The molecule has 0 unspecified atom stereocenters. The van der Waals surface area contributed by atoms with Crippen LogP contribution in [0.25, 0.3) is 0 Å². The number of carbonyl (C=O) groups is 1. The number of aryl methyl sites for hydroxylation is 1. The maximum atomic E-state index is 12.0. The Morgan fingerprint density at radius 1 is 1.32 bits per heavy atom. The number of benzene rings is 1. The van der Waals surface area contributed by atoms with Gasteiger partial charge in [0.05, 0.1) is 0 Å². The third-order valence-corrected chi connectivity index (χ3v) is 3.78. The van der Waals surface area contributed by atoms with E-state index in [9.17, 15) is 4.79 Å². The standard InChI is InChI=1S/C16H24N2O/c1-11(2)17-16(19)12(3)18-15-10-6-8-13-7-4-5-9-14(13)15/h4-5,7,9,11-12,15,18H,6,8,10H2,1-3H3,(H,17,19)/p+1/t12-,15-/m0/s1. The van der Waals surface area contributed by atoms with Gasteiger partial charge in [-0.2, -0.15) is 0 Å². The molecule has 19 heavy (non-hydrogen) atoms. The average Bonchev–Trinajstić information content (AvgIpc) is 2.38. The van der Waals surface area contributed by atoms with Crippen LogP contribution in [0.15, 0.2) is 24.3 Å². The average molecular weight is 261 g/mol. The summed E-state index contributed by atoms with van der Waals surface area (Å²) < 4.78 is 0. The number of amides is 1. The zero-order valence-electron chi connectivity index (χ0n) is 12.1. The van der Waals surface area contributed by atoms with Gasteiger partial charge in [-0.05, 0) is 39.2 Å². The Labute approximate surface area is 115 Å². The highest BCUT2D eigenvalue weighted by molar-refractivity contribution is 5.80. The molecule has 0 fully saturated rings. The Balaban J connectivity index is 2.02. The van der Waals surface area contributed by atoms with Crippen molar-refractivity contribution in [3.05, 3.63) is 35.4 Å². The molecule has 0 aromatic heterocycles. The second kappa shape index (κ2) is 6.20. The van der Waals surface area contributed by atoms with Crippen LogP contribution in [0.5, 0.6) is 0 Å². The van der Waals surface area contributed by atoms with E-state index in [2.05, 4.69) is 34.9 Å². The van der Waals surface area contributed by atoms with Crippen molar-refractivity contribution in [2.45, 2.75) is 58.2 Å². The predicted octanol–water partition coefficient (Wildman–Crippen LogP) is 1.54. The lowest BCUT2D eigenvalue weighted by molar-refractivity contribution is -0.714. The van der Waals surface area contributed by atoms with Gasteiger partial charge in [0, 0.05) is 18.0 Å². The van der Waals surface area contributed by atoms with Gasteiger partial charge in [0.25, 0.3) is 5.91 Å². The monoisotopic (exact) mass is 261 g/mol. The van der Waals surface area contributed by atoms with Gasteiger partial charge in [0.2, 0.25) is 0 Å². The second-order valence-corrected chi connectivity index (χ2v) is 5.84. The predicted molar refractivity (Wildman–Crippen MR) is 76.8 cm³/mol. The zero-order valence-corrected chi connectivity index (χ0v) is 12.1. The number of nitrogens with one attached hydrogen (secondary N) is 1. The molecule has 3 heteroatoms. The summed E-state index contributed by atoms with van der Waals surface area (Å²) in [6, 6.07) is 9.25. The summed E-state index contributed by atoms with van der Waals surface area (Å²) in [7, 11) is 0. The van der Waals surface area contributed by atoms with E-state index in [0.29, 0.717) is 6.04 Å². The largest absolute Gasteiger partial charge is 0.349 e. The van der Waals surface area contributed by atoms with E-state index in [0.717, 1.165) is 6.42 Å². The number of hydrogen-bond acceptors (Lipinski definition) is 1. The molecule has 0 radical (unpaired) electrons. The van der Waals surface area contributed by atoms with Gasteiger partial charge in [0.1, 0.15) is 6.04 Å². The third kappa shape index (κ3) is 3.57. The summed E-state index contributed by atoms with van der Waals surface area (Å²) in [6.07, 6.45) is 3.56. The maximum Gasteiger partial charge on any atom is 0.278 e. The van der Waals surface area contributed by atoms with Crippen molar-refractivity contribution in [3.8, 4) is 0 Å². The minimum Gasteiger partial charge on any atom is -0.349 e. The smallest absolute Gasteiger partial charge is 0.278 e. The van der Waals surface area contributed by atoms with E-state index in [-0.39, 0.29) is 18.0 Å². The normalized spacial score (nSPS) is 19.9. The first-order valence-corrected chi connectivity index (χ1v) is 7.31. The van der Waals surface area contributed by atoms with Gasteiger partial charge < -0.3 is 10.6 Å². The molecule has 0 spiro atoms. The van der Waals surface area contributed by atoms with Gasteiger partial charge in [-0.3, -0.25) is 4.79 Å². The molecular weight excluding hydrogens is 236 g/mol. The molecular formula is C16H25N2O+. The summed E-state index contributed by atoms with van der Waals surface area (Å²) in [6.45, 7) is 6.00. The highest BCUT2D eigenvalue weighted by Gasteiger charge is 2.27. The van der Waals surface area contributed by atoms with Gasteiger partial charge in [0.15, 0.2) is 6.04 Å².